The molecule has 3 aromatic carbocycles. The fourth-order valence-electron chi connectivity index (χ4n) is 3.25. The number of nitrogens with one attached hydrogen (secondary N) is 2. The third-order valence-electron chi connectivity index (χ3n) is 4.94. The first-order chi connectivity index (χ1) is 16.2. The van der Waals surface area contributed by atoms with Crippen LogP contribution < -0.4 is 15.4 Å². The van der Waals surface area contributed by atoms with Gasteiger partial charge in [0.15, 0.2) is 5.11 Å². The van der Waals surface area contributed by atoms with Gasteiger partial charge in [0.1, 0.15) is 12.4 Å². The van der Waals surface area contributed by atoms with Crippen LogP contribution in [-0.2, 0) is 13.0 Å². The second-order valence-corrected chi connectivity index (χ2v) is 7.85. The summed E-state index contributed by atoms with van der Waals surface area (Å²) >= 11 is 5.32. The van der Waals surface area contributed by atoms with Gasteiger partial charge in [-0.3, -0.25) is 15.1 Å². The van der Waals surface area contributed by atoms with Crippen molar-refractivity contribution in [2.45, 2.75) is 13.0 Å². The highest BCUT2D eigenvalue weighted by Gasteiger charge is 2.09. The van der Waals surface area contributed by atoms with Crippen molar-refractivity contribution in [2.75, 3.05) is 5.32 Å². The van der Waals surface area contributed by atoms with Crippen molar-refractivity contribution < 1.29 is 9.53 Å². The van der Waals surface area contributed by atoms with Gasteiger partial charge in [-0.15, -0.1) is 0 Å². The molecule has 1 aromatic heterocycles. The van der Waals surface area contributed by atoms with Gasteiger partial charge in [-0.05, 0) is 77.8 Å². The number of pyridine rings is 1. The molecule has 0 saturated heterocycles. The van der Waals surface area contributed by atoms with Crippen LogP contribution in [0.15, 0.2) is 103 Å². The Hall–Kier alpha value is -4.03. The van der Waals surface area contributed by atoms with Crippen LogP contribution in [0.1, 0.15) is 27.0 Å². The zero-order valence-corrected chi connectivity index (χ0v) is 18.7. The average molecular weight is 454 g/mol. The molecular weight excluding hydrogens is 430 g/mol. The largest absolute Gasteiger partial charge is 0.489 e. The predicted molar refractivity (Wildman–Crippen MR) is 134 cm³/mol. The average Bonchev–Trinajstić information content (AvgIpc) is 2.85. The Kier molecular flexibility index (Phi) is 7.40. The number of rotatable bonds is 7. The quantitative estimate of drug-likeness (QED) is 0.368. The van der Waals surface area contributed by atoms with Crippen LogP contribution in [0.4, 0.5) is 5.69 Å². The number of benzene rings is 3. The lowest BCUT2D eigenvalue weighted by atomic mass is 10.1. The van der Waals surface area contributed by atoms with Crippen molar-refractivity contribution in [2.24, 2.45) is 0 Å². The number of hydrogen-bond donors (Lipinski definition) is 2. The topological polar surface area (TPSA) is 63.2 Å². The summed E-state index contributed by atoms with van der Waals surface area (Å²) < 4.78 is 5.81. The molecule has 0 saturated carbocycles. The molecule has 0 fully saturated rings. The highest BCUT2D eigenvalue weighted by atomic mass is 32.1. The Labute approximate surface area is 198 Å². The van der Waals surface area contributed by atoms with Crippen molar-refractivity contribution in [1.29, 1.82) is 0 Å². The normalized spacial score (nSPS) is 10.3. The third kappa shape index (κ3) is 6.72. The number of anilines is 1. The molecule has 33 heavy (non-hydrogen) atoms. The standard InChI is InChI=1S/C27H23N3O2S/c31-26(23-7-4-8-25(18-23)32-19-22-5-2-1-3-6-22)30-27(33)29-24-11-9-20(10-12-24)17-21-13-15-28-16-14-21/h1-16,18H,17,19H2,(H2,29,30,31,33). The first-order valence-electron chi connectivity index (χ1n) is 10.5. The van der Waals surface area contributed by atoms with Gasteiger partial charge in [0.05, 0.1) is 0 Å². The summed E-state index contributed by atoms with van der Waals surface area (Å²) in [6, 6.07) is 28.8. The Bertz CT molecular complexity index is 1210. The van der Waals surface area contributed by atoms with Crippen molar-refractivity contribution in [3.8, 4) is 5.75 Å². The number of carbonyl (C=O) groups excluding carboxylic acids is 1. The zero-order valence-electron chi connectivity index (χ0n) is 17.9. The van der Waals surface area contributed by atoms with Crippen molar-refractivity contribution >= 4 is 28.9 Å². The summed E-state index contributed by atoms with van der Waals surface area (Å²) in [6.45, 7) is 0.434. The van der Waals surface area contributed by atoms with E-state index < -0.39 is 0 Å². The minimum atomic E-state index is -0.299. The number of nitrogens with zero attached hydrogens (tertiary/aromatic N) is 1. The summed E-state index contributed by atoms with van der Waals surface area (Å²) in [7, 11) is 0. The molecule has 4 aromatic rings. The lowest BCUT2D eigenvalue weighted by molar-refractivity contribution is 0.0977. The predicted octanol–water partition coefficient (Wildman–Crippen LogP) is 5.38. The van der Waals surface area contributed by atoms with Crippen LogP contribution >= 0.6 is 12.2 Å². The minimum absolute atomic E-state index is 0.234. The van der Waals surface area contributed by atoms with E-state index in [9.17, 15) is 4.79 Å². The summed E-state index contributed by atoms with van der Waals surface area (Å²) in [5, 5.41) is 6.01. The van der Waals surface area contributed by atoms with E-state index in [1.54, 1.807) is 30.6 Å². The molecule has 0 spiro atoms. The molecule has 0 radical (unpaired) electrons. The Morgan fingerprint density at radius 2 is 1.55 bits per heavy atom. The summed E-state index contributed by atoms with van der Waals surface area (Å²) in [5.74, 6) is 0.321. The molecule has 6 heteroatoms. The smallest absolute Gasteiger partial charge is 0.257 e. The molecule has 0 aliphatic heterocycles. The maximum Gasteiger partial charge on any atom is 0.257 e. The van der Waals surface area contributed by atoms with Crippen molar-refractivity contribution in [1.82, 2.24) is 10.3 Å². The molecule has 0 aliphatic carbocycles. The van der Waals surface area contributed by atoms with Gasteiger partial charge < -0.3 is 10.1 Å². The number of carbonyl (C=O) groups is 1. The Morgan fingerprint density at radius 3 is 2.30 bits per heavy atom. The second-order valence-electron chi connectivity index (χ2n) is 7.44. The van der Waals surface area contributed by atoms with E-state index in [4.69, 9.17) is 17.0 Å². The summed E-state index contributed by atoms with van der Waals surface area (Å²) in [4.78, 5) is 16.7. The maximum atomic E-state index is 12.6. The fraction of sp³-hybridized carbons (Fsp3) is 0.0741. The SMILES string of the molecule is O=C(NC(=S)Nc1ccc(Cc2ccncc2)cc1)c1cccc(OCc2ccccc2)c1. The molecule has 1 heterocycles. The molecule has 0 bridgehead atoms. The highest BCUT2D eigenvalue weighted by Crippen LogP contribution is 2.16. The Balaban J connectivity index is 1.30. The highest BCUT2D eigenvalue weighted by molar-refractivity contribution is 7.80. The molecule has 2 N–H and O–H groups in total. The van der Waals surface area contributed by atoms with E-state index in [0.717, 1.165) is 17.7 Å². The van der Waals surface area contributed by atoms with E-state index >= 15 is 0 Å². The molecule has 0 aliphatic rings. The van der Waals surface area contributed by atoms with Gasteiger partial charge >= 0.3 is 0 Å². The van der Waals surface area contributed by atoms with Gasteiger partial charge in [0.25, 0.3) is 5.91 Å². The van der Waals surface area contributed by atoms with Gasteiger partial charge in [0, 0.05) is 23.6 Å². The maximum absolute atomic E-state index is 12.6. The van der Waals surface area contributed by atoms with Crippen LogP contribution in [-0.4, -0.2) is 16.0 Å². The number of amides is 1. The summed E-state index contributed by atoms with van der Waals surface area (Å²) in [5.41, 5.74) is 4.71. The third-order valence-corrected chi connectivity index (χ3v) is 5.15. The van der Waals surface area contributed by atoms with Gasteiger partial charge in [0.2, 0.25) is 0 Å². The van der Waals surface area contributed by atoms with E-state index in [0.29, 0.717) is 17.9 Å². The number of hydrogen-bond acceptors (Lipinski definition) is 4. The van der Waals surface area contributed by atoms with E-state index in [2.05, 4.69) is 15.6 Å². The Morgan fingerprint density at radius 1 is 0.818 bits per heavy atom. The number of ether oxygens (including phenoxy) is 1. The van der Waals surface area contributed by atoms with E-state index in [1.165, 1.54) is 11.1 Å². The van der Waals surface area contributed by atoms with Gasteiger partial charge in [-0.2, -0.15) is 0 Å². The first-order valence-corrected chi connectivity index (χ1v) is 10.9. The van der Waals surface area contributed by atoms with Crippen LogP contribution in [0.3, 0.4) is 0 Å². The second kappa shape index (κ2) is 11.0. The lowest BCUT2D eigenvalue weighted by Crippen LogP contribution is -2.34. The van der Waals surface area contributed by atoms with Crippen molar-refractivity contribution in [3.05, 3.63) is 126 Å². The number of aromatic nitrogens is 1. The van der Waals surface area contributed by atoms with Crippen LogP contribution in [0.25, 0.3) is 0 Å². The van der Waals surface area contributed by atoms with Crippen LogP contribution in [0, 0.1) is 0 Å². The molecule has 4 rings (SSSR count). The molecule has 164 valence electrons. The van der Waals surface area contributed by atoms with E-state index in [-0.39, 0.29) is 11.0 Å². The molecule has 5 nitrogen and oxygen atoms in total. The summed E-state index contributed by atoms with van der Waals surface area (Å²) in [6.07, 6.45) is 4.40. The fourth-order valence-corrected chi connectivity index (χ4v) is 3.46. The molecule has 0 unspecified atom stereocenters. The molecular formula is C27H23N3O2S. The zero-order chi connectivity index (χ0) is 22.9. The lowest BCUT2D eigenvalue weighted by Gasteiger charge is -2.11. The first kappa shape index (κ1) is 22.2. The van der Waals surface area contributed by atoms with Crippen molar-refractivity contribution in [3.63, 3.8) is 0 Å². The molecule has 0 atom stereocenters. The van der Waals surface area contributed by atoms with Gasteiger partial charge in [-0.1, -0.05) is 48.5 Å². The van der Waals surface area contributed by atoms with Gasteiger partial charge in [-0.25, -0.2) is 0 Å². The van der Waals surface area contributed by atoms with E-state index in [1.807, 2.05) is 72.8 Å². The number of thiocarbonyl (C=S) groups is 1. The van der Waals surface area contributed by atoms with Crippen LogP contribution in [0.5, 0.6) is 5.75 Å². The molecule has 1 amide bonds. The minimum Gasteiger partial charge on any atom is -0.489 e. The van der Waals surface area contributed by atoms with Crippen LogP contribution in [0.2, 0.25) is 0 Å². The monoisotopic (exact) mass is 453 g/mol.